The van der Waals surface area contributed by atoms with Gasteiger partial charge in [0.1, 0.15) is 5.82 Å². The zero-order valence-electron chi connectivity index (χ0n) is 12.3. The van der Waals surface area contributed by atoms with Crippen LogP contribution in [0.5, 0.6) is 5.75 Å². The van der Waals surface area contributed by atoms with E-state index in [4.69, 9.17) is 12.6 Å². The van der Waals surface area contributed by atoms with Crippen LogP contribution in [0.2, 0.25) is 0 Å². The molecule has 0 N–H and O–H groups in total. The third-order valence-electron chi connectivity index (χ3n) is 4.78. The number of rotatable bonds is 2. The Morgan fingerprint density at radius 2 is 1.64 bits per heavy atom. The molecule has 0 aliphatic heterocycles. The molecule has 2 aliphatic rings. The average molecular weight is 296 g/mol. The number of fused-ring (bicyclic) bond motifs is 3. The average Bonchev–Trinajstić information content (AvgIpc) is 2.74. The van der Waals surface area contributed by atoms with Crippen molar-refractivity contribution < 1.29 is 13.5 Å². The molecule has 1 saturated carbocycles. The molecule has 0 heterocycles. The Balaban J connectivity index is 1.83. The summed E-state index contributed by atoms with van der Waals surface area (Å²) in [6.07, 6.45) is 3.12. The quantitative estimate of drug-likeness (QED) is 0.744. The molecule has 2 aliphatic carbocycles. The van der Waals surface area contributed by atoms with E-state index in [-0.39, 0.29) is 17.7 Å². The van der Waals surface area contributed by atoms with Crippen LogP contribution in [-0.2, 0) is 0 Å². The molecule has 1 atom stereocenters. The summed E-state index contributed by atoms with van der Waals surface area (Å²) in [5, 5.41) is 0. The van der Waals surface area contributed by atoms with Crippen molar-refractivity contribution in [1.82, 2.24) is 0 Å². The smallest absolute Gasteiger partial charge is 0.168 e. The first-order valence-electron chi connectivity index (χ1n) is 7.62. The van der Waals surface area contributed by atoms with Crippen molar-refractivity contribution in [2.75, 3.05) is 0 Å². The fourth-order valence-electron chi connectivity index (χ4n) is 3.26. The largest absolute Gasteiger partial charge is 0.487 e. The SMILES string of the molecule is [B]C1c2c(ccc(C)c2F)-c2ccc(OC3CCC3)c(F)c21. The van der Waals surface area contributed by atoms with Gasteiger partial charge in [-0.05, 0) is 65.9 Å². The molecular weight excluding hydrogens is 281 g/mol. The van der Waals surface area contributed by atoms with Gasteiger partial charge in [-0.25, -0.2) is 8.78 Å². The van der Waals surface area contributed by atoms with Crippen molar-refractivity contribution in [2.45, 2.75) is 38.1 Å². The Morgan fingerprint density at radius 3 is 2.27 bits per heavy atom. The maximum absolute atomic E-state index is 14.8. The highest BCUT2D eigenvalue weighted by Crippen LogP contribution is 2.48. The molecule has 0 saturated heterocycles. The molecule has 1 nitrogen and oxygen atoms in total. The van der Waals surface area contributed by atoms with Crippen LogP contribution in [0.15, 0.2) is 24.3 Å². The molecule has 4 heteroatoms. The van der Waals surface area contributed by atoms with E-state index >= 15 is 0 Å². The number of benzene rings is 2. The number of halogens is 2. The molecule has 1 fully saturated rings. The second-order valence-electron chi connectivity index (χ2n) is 6.15. The lowest BCUT2D eigenvalue weighted by Gasteiger charge is -2.27. The number of hydrogen-bond acceptors (Lipinski definition) is 1. The third-order valence-corrected chi connectivity index (χ3v) is 4.78. The highest BCUT2D eigenvalue weighted by Gasteiger charge is 2.33. The summed E-state index contributed by atoms with van der Waals surface area (Å²) in [5.41, 5.74) is 2.60. The Labute approximate surface area is 129 Å². The highest BCUT2D eigenvalue weighted by molar-refractivity contribution is 6.17. The maximum Gasteiger partial charge on any atom is 0.168 e. The summed E-state index contributed by atoms with van der Waals surface area (Å²) < 4.78 is 34.9. The van der Waals surface area contributed by atoms with Gasteiger partial charge in [0.2, 0.25) is 0 Å². The van der Waals surface area contributed by atoms with Gasteiger partial charge in [0, 0.05) is 0 Å². The van der Waals surface area contributed by atoms with Crippen LogP contribution in [-0.4, -0.2) is 14.0 Å². The Morgan fingerprint density at radius 1 is 1.00 bits per heavy atom. The van der Waals surface area contributed by atoms with Crippen LogP contribution in [0.1, 0.15) is 41.8 Å². The van der Waals surface area contributed by atoms with E-state index in [0.29, 0.717) is 27.8 Å². The Bertz CT molecular complexity index is 768. The molecule has 2 aromatic rings. The summed E-state index contributed by atoms with van der Waals surface area (Å²) in [7, 11) is 6.14. The summed E-state index contributed by atoms with van der Waals surface area (Å²) in [6.45, 7) is 1.69. The predicted molar refractivity (Wildman–Crippen MR) is 82.4 cm³/mol. The van der Waals surface area contributed by atoms with E-state index in [0.717, 1.165) is 19.3 Å². The fraction of sp³-hybridized carbons (Fsp3) is 0.333. The van der Waals surface area contributed by atoms with Gasteiger partial charge >= 0.3 is 0 Å². The first-order valence-corrected chi connectivity index (χ1v) is 7.62. The van der Waals surface area contributed by atoms with Gasteiger partial charge < -0.3 is 4.74 Å². The van der Waals surface area contributed by atoms with Crippen LogP contribution in [0.4, 0.5) is 8.78 Å². The molecule has 0 bridgehead atoms. The van der Waals surface area contributed by atoms with E-state index in [2.05, 4.69) is 0 Å². The molecule has 110 valence electrons. The van der Waals surface area contributed by atoms with Crippen LogP contribution in [0.25, 0.3) is 11.1 Å². The van der Waals surface area contributed by atoms with Gasteiger partial charge in [0.15, 0.2) is 11.6 Å². The highest BCUT2D eigenvalue weighted by atomic mass is 19.1. The zero-order valence-corrected chi connectivity index (χ0v) is 12.3. The minimum atomic E-state index is -0.783. The lowest BCUT2D eigenvalue weighted by molar-refractivity contribution is 0.115. The zero-order chi connectivity index (χ0) is 15.4. The summed E-state index contributed by atoms with van der Waals surface area (Å²) >= 11 is 0. The number of ether oxygens (including phenoxy) is 1. The number of hydrogen-bond donors (Lipinski definition) is 0. The second kappa shape index (κ2) is 4.84. The fourth-order valence-corrected chi connectivity index (χ4v) is 3.26. The first kappa shape index (κ1) is 13.8. The first-order chi connectivity index (χ1) is 10.6. The van der Waals surface area contributed by atoms with Crippen molar-refractivity contribution in [3.05, 3.63) is 52.6 Å². The second-order valence-corrected chi connectivity index (χ2v) is 6.15. The molecule has 1 unspecified atom stereocenters. The molecule has 0 spiro atoms. The molecule has 0 aromatic heterocycles. The summed E-state index contributed by atoms with van der Waals surface area (Å²) in [4.78, 5) is 0. The topological polar surface area (TPSA) is 9.23 Å². The lowest BCUT2D eigenvalue weighted by Crippen LogP contribution is -2.25. The minimum Gasteiger partial charge on any atom is -0.487 e. The molecule has 2 radical (unpaired) electrons. The maximum atomic E-state index is 14.8. The van der Waals surface area contributed by atoms with Gasteiger partial charge in [0.25, 0.3) is 0 Å². The van der Waals surface area contributed by atoms with E-state index in [9.17, 15) is 8.78 Å². The van der Waals surface area contributed by atoms with Gasteiger partial charge in [-0.1, -0.05) is 18.2 Å². The predicted octanol–water partition coefficient (Wildman–Crippen LogP) is 4.44. The van der Waals surface area contributed by atoms with Crippen molar-refractivity contribution in [3.63, 3.8) is 0 Å². The molecule has 0 amide bonds. The van der Waals surface area contributed by atoms with Crippen LogP contribution < -0.4 is 4.74 Å². The molecular formula is C18H15BF2O. The van der Waals surface area contributed by atoms with Crippen LogP contribution in [0, 0.1) is 18.6 Å². The number of aryl methyl sites for hydroxylation is 1. The standard InChI is InChI=1S/C18H15BF2O/c1-9-5-6-11-12-7-8-13(22-10-3-2-4-10)18(21)15(12)16(19)14(11)17(9)20/h5-8,10,16H,2-4H2,1H3. The molecule has 4 rings (SSSR count). The van der Waals surface area contributed by atoms with Crippen molar-refractivity contribution in [1.29, 1.82) is 0 Å². The minimum absolute atomic E-state index is 0.0894. The van der Waals surface area contributed by atoms with E-state index in [1.807, 2.05) is 6.07 Å². The van der Waals surface area contributed by atoms with Crippen LogP contribution in [0.3, 0.4) is 0 Å². The van der Waals surface area contributed by atoms with Crippen molar-refractivity contribution in [2.24, 2.45) is 0 Å². The normalized spacial score (nSPS) is 19.5. The Kier molecular flexibility index (Phi) is 3.03. The van der Waals surface area contributed by atoms with Gasteiger partial charge in [-0.15, -0.1) is 0 Å². The summed E-state index contributed by atoms with van der Waals surface area (Å²) in [5.74, 6) is -1.36. The third kappa shape index (κ3) is 1.82. The van der Waals surface area contributed by atoms with Crippen molar-refractivity contribution in [3.8, 4) is 16.9 Å². The molecule has 2 aromatic carbocycles. The summed E-state index contributed by atoms with van der Waals surface area (Å²) in [6, 6.07) is 6.93. The van der Waals surface area contributed by atoms with E-state index in [1.54, 1.807) is 25.1 Å². The van der Waals surface area contributed by atoms with E-state index < -0.39 is 11.6 Å². The van der Waals surface area contributed by atoms with Gasteiger partial charge in [0.05, 0.1) is 14.0 Å². The lowest BCUT2D eigenvalue weighted by atomic mass is 9.78. The molecule has 22 heavy (non-hydrogen) atoms. The van der Waals surface area contributed by atoms with Crippen molar-refractivity contribution >= 4 is 7.85 Å². The van der Waals surface area contributed by atoms with Gasteiger partial charge in [-0.2, -0.15) is 0 Å². The monoisotopic (exact) mass is 296 g/mol. The van der Waals surface area contributed by atoms with Crippen LogP contribution >= 0.6 is 0 Å². The van der Waals surface area contributed by atoms with Gasteiger partial charge in [-0.3, -0.25) is 0 Å². The van der Waals surface area contributed by atoms with E-state index in [1.165, 1.54) is 0 Å². The Hall–Kier alpha value is -1.84.